The molecule has 0 atom stereocenters. The van der Waals surface area contributed by atoms with Crippen molar-refractivity contribution in [3.05, 3.63) is 94.1 Å². The van der Waals surface area contributed by atoms with Crippen LogP contribution < -0.4 is 5.32 Å². The van der Waals surface area contributed by atoms with Crippen molar-refractivity contribution in [1.82, 2.24) is 29.2 Å². The maximum absolute atomic E-state index is 13.9. The summed E-state index contributed by atoms with van der Waals surface area (Å²) in [5.74, 6) is -1.34. The van der Waals surface area contributed by atoms with Crippen molar-refractivity contribution < 1.29 is 13.6 Å². The lowest BCUT2D eigenvalue weighted by Crippen LogP contribution is -2.24. The molecule has 1 aromatic carbocycles. The Morgan fingerprint density at radius 3 is 2.85 bits per heavy atom. The Morgan fingerprint density at radius 1 is 1.18 bits per heavy atom. The number of fused-ring (bicyclic) bond motifs is 1. The molecule has 1 amide bonds. The third-order valence-electron chi connectivity index (χ3n) is 5.09. The maximum atomic E-state index is 13.9. The molecule has 0 spiro atoms. The van der Waals surface area contributed by atoms with Crippen molar-refractivity contribution in [2.75, 3.05) is 0 Å². The van der Waals surface area contributed by atoms with E-state index in [1.165, 1.54) is 6.07 Å². The van der Waals surface area contributed by atoms with Crippen LogP contribution in [0.2, 0.25) is 0 Å². The van der Waals surface area contributed by atoms with Gasteiger partial charge in [-0.25, -0.2) is 23.7 Å². The zero-order chi connectivity index (χ0) is 22.9. The molecule has 0 aliphatic carbocycles. The molecule has 0 unspecified atom stereocenters. The molecule has 166 valence electrons. The van der Waals surface area contributed by atoms with Crippen LogP contribution in [-0.2, 0) is 13.1 Å². The number of carbonyl (C=O) groups excluding carboxylic acids is 1. The number of imidazole rings is 2. The van der Waals surface area contributed by atoms with E-state index in [4.69, 9.17) is 0 Å². The molecule has 0 saturated heterocycles. The molecule has 5 rings (SSSR count). The van der Waals surface area contributed by atoms with Crippen LogP contribution in [0.4, 0.5) is 8.78 Å². The van der Waals surface area contributed by atoms with E-state index >= 15 is 0 Å². The molecule has 0 aliphatic rings. The third-order valence-corrected chi connectivity index (χ3v) is 5.91. The van der Waals surface area contributed by atoms with Gasteiger partial charge in [-0.3, -0.25) is 9.20 Å². The van der Waals surface area contributed by atoms with Crippen molar-refractivity contribution in [2.45, 2.75) is 20.0 Å². The van der Waals surface area contributed by atoms with Gasteiger partial charge in [-0.1, -0.05) is 12.1 Å². The van der Waals surface area contributed by atoms with Gasteiger partial charge >= 0.3 is 0 Å². The van der Waals surface area contributed by atoms with Crippen LogP contribution in [-0.4, -0.2) is 29.8 Å². The number of halogens is 2. The number of pyridine rings is 1. The molecule has 0 radical (unpaired) electrons. The van der Waals surface area contributed by atoms with Crippen molar-refractivity contribution in [2.24, 2.45) is 0 Å². The Kier molecular flexibility index (Phi) is 5.43. The van der Waals surface area contributed by atoms with E-state index in [1.807, 2.05) is 29.1 Å². The van der Waals surface area contributed by atoms with Crippen molar-refractivity contribution in [3.63, 3.8) is 0 Å². The van der Waals surface area contributed by atoms with Gasteiger partial charge < -0.3 is 9.88 Å². The number of carbonyl (C=O) groups is 1. The molecule has 10 heteroatoms. The second kappa shape index (κ2) is 8.55. The first-order valence-electron chi connectivity index (χ1n) is 10.1. The largest absolute Gasteiger partial charge is 0.346 e. The van der Waals surface area contributed by atoms with Crippen LogP contribution in [0.5, 0.6) is 0 Å². The normalized spacial score (nSPS) is 11.2. The van der Waals surface area contributed by atoms with E-state index in [-0.39, 0.29) is 17.8 Å². The van der Waals surface area contributed by atoms with E-state index in [9.17, 15) is 13.6 Å². The molecule has 0 aliphatic heterocycles. The van der Waals surface area contributed by atoms with Crippen LogP contribution in [0.15, 0.2) is 60.5 Å². The molecule has 4 heterocycles. The standard InChI is InChI=1S/C23H18F2N6OS/c1-14-28-17(12-33-14)10-30-11-19(27-13-30)22-29-21(20-4-2-3-7-31(20)22)23(32)26-9-15-5-6-16(24)8-18(15)25/h2-8,11-13H,9-10H2,1H3,(H,26,32). The van der Waals surface area contributed by atoms with Crippen LogP contribution >= 0.6 is 11.3 Å². The smallest absolute Gasteiger partial charge is 0.272 e. The fourth-order valence-electron chi connectivity index (χ4n) is 3.54. The molecule has 4 aromatic heterocycles. The highest BCUT2D eigenvalue weighted by Crippen LogP contribution is 2.22. The number of aromatic nitrogens is 5. The fourth-order valence-corrected chi connectivity index (χ4v) is 4.14. The average molecular weight is 465 g/mol. The number of amides is 1. The highest BCUT2D eigenvalue weighted by molar-refractivity contribution is 7.09. The van der Waals surface area contributed by atoms with Crippen LogP contribution in [0.3, 0.4) is 0 Å². The number of hydrogen-bond donors (Lipinski definition) is 1. The van der Waals surface area contributed by atoms with Gasteiger partial charge in [0.15, 0.2) is 11.5 Å². The summed E-state index contributed by atoms with van der Waals surface area (Å²) >= 11 is 1.59. The second-order valence-electron chi connectivity index (χ2n) is 7.45. The van der Waals surface area contributed by atoms with Gasteiger partial charge in [-0.2, -0.15) is 0 Å². The SMILES string of the molecule is Cc1nc(Cn2cnc(-c3nc(C(=O)NCc4ccc(F)cc4F)c4ccccn34)c2)cs1. The van der Waals surface area contributed by atoms with Gasteiger partial charge in [0.1, 0.15) is 17.3 Å². The third kappa shape index (κ3) is 4.24. The molecule has 7 nitrogen and oxygen atoms in total. The van der Waals surface area contributed by atoms with Gasteiger partial charge in [0, 0.05) is 35.9 Å². The van der Waals surface area contributed by atoms with Crippen molar-refractivity contribution in [3.8, 4) is 11.5 Å². The first kappa shape index (κ1) is 21.0. The Balaban J connectivity index is 1.42. The summed E-state index contributed by atoms with van der Waals surface area (Å²) in [5, 5.41) is 5.67. The molecule has 1 N–H and O–H groups in total. The molecule has 0 fully saturated rings. The molecule has 0 bridgehead atoms. The molecule has 33 heavy (non-hydrogen) atoms. The van der Waals surface area contributed by atoms with E-state index in [0.717, 1.165) is 22.8 Å². The molecule has 0 saturated carbocycles. The number of rotatable bonds is 6. The predicted octanol–water partition coefficient (Wildman–Crippen LogP) is 4.22. The molecular formula is C23H18F2N6OS. The molecule has 5 aromatic rings. The minimum Gasteiger partial charge on any atom is -0.346 e. The van der Waals surface area contributed by atoms with Crippen LogP contribution in [0.25, 0.3) is 17.0 Å². The van der Waals surface area contributed by atoms with E-state index in [2.05, 4.69) is 20.3 Å². The minimum atomic E-state index is -0.716. The fraction of sp³-hybridized carbons (Fsp3) is 0.130. The van der Waals surface area contributed by atoms with Crippen molar-refractivity contribution >= 4 is 22.8 Å². The van der Waals surface area contributed by atoms with Crippen LogP contribution in [0.1, 0.15) is 26.8 Å². The zero-order valence-electron chi connectivity index (χ0n) is 17.5. The quantitative estimate of drug-likeness (QED) is 0.408. The summed E-state index contributed by atoms with van der Waals surface area (Å²) < 4.78 is 30.7. The Hall–Kier alpha value is -3.92. The summed E-state index contributed by atoms with van der Waals surface area (Å²) in [4.78, 5) is 26.4. The van der Waals surface area contributed by atoms with Gasteiger partial charge in [-0.05, 0) is 25.1 Å². The van der Waals surface area contributed by atoms with Gasteiger partial charge in [-0.15, -0.1) is 11.3 Å². The van der Waals surface area contributed by atoms with E-state index in [1.54, 1.807) is 40.4 Å². The van der Waals surface area contributed by atoms with Gasteiger partial charge in [0.05, 0.1) is 29.1 Å². The number of aryl methyl sites for hydroxylation is 1. The highest BCUT2D eigenvalue weighted by Gasteiger charge is 2.20. The zero-order valence-corrected chi connectivity index (χ0v) is 18.3. The summed E-state index contributed by atoms with van der Waals surface area (Å²) in [6, 6.07) is 8.66. The lowest BCUT2D eigenvalue weighted by molar-refractivity contribution is 0.0948. The summed E-state index contributed by atoms with van der Waals surface area (Å²) in [7, 11) is 0. The van der Waals surface area contributed by atoms with E-state index in [0.29, 0.717) is 23.6 Å². The number of thiazole rings is 1. The Morgan fingerprint density at radius 2 is 2.06 bits per heavy atom. The van der Waals surface area contributed by atoms with Crippen molar-refractivity contribution in [1.29, 1.82) is 0 Å². The number of benzene rings is 1. The monoisotopic (exact) mass is 464 g/mol. The lowest BCUT2D eigenvalue weighted by atomic mass is 10.2. The van der Waals surface area contributed by atoms with Gasteiger partial charge in [0.25, 0.3) is 5.91 Å². The number of nitrogens with zero attached hydrogens (tertiary/aromatic N) is 5. The second-order valence-corrected chi connectivity index (χ2v) is 8.51. The maximum Gasteiger partial charge on any atom is 0.272 e. The lowest BCUT2D eigenvalue weighted by Gasteiger charge is -2.05. The summed E-state index contributed by atoms with van der Waals surface area (Å²) in [6.07, 6.45) is 5.36. The number of hydrogen-bond acceptors (Lipinski definition) is 5. The first-order chi connectivity index (χ1) is 16.0. The minimum absolute atomic E-state index is 0.0895. The Labute approximate surface area is 191 Å². The topological polar surface area (TPSA) is 77.1 Å². The molecular weight excluding hydrogens is 446 g/mol. The first-order valence-corrected chi connectivity index (χ1v) is 11.0. The Bertz CT molecular complexity index is 1470. The van der Waals surface area contributed by atoms with E-state index < -0.39 is 17.5 Å². The predicted molar refractivity (Wildman–Crippen MR) is 120 cm³/mol. The summed E-state index contributed by atoms with van der Waals surface area (Å²) in [6.45, 7) is 2.45. The summed E-state index contributed by atoms with van der Waals surface area (Å²) in [5.41, 5.74) is 2.52. The van der Waals surface area contributed by atoms with Crippen LogP contribution in [0, 0.1) is 18.6 Å². The average Bonchev–Trinajstić information content (AvgIpc) is 3.52. The highest BCUT2D eigenvalue weighted by atomic mass is 32.1. The van der Waals surface area contributed by atoms with Gasteiger partial charge in [0.2, 0.25) is 0 Å². The number of nitrogens with one attached hydrogen (secondary N) is 1.